The lowest BCUT2D eigenvalue weighted by atomic mass is 10.0. The van der Waals surface area contributed by atoms with Crippen molar-refractivity contribution in [2.75, 3.05) is 13.1 Å². The molecule has 23 heavy (non-hydrogen) atoms. The summed E-state index contributed by atoms with van der Waals surface area (Å²) in [5.41, 5.74) is 1.81. The van der Waals surface area contributed by atoms with E-state index in [4.69, 9.17) is 4.74 Å². The number of morpholine rings is 1. The van der Waals surface area contributed by atoms with Crippen molar-refractivity contribution in [1.82, 2.24) is 9.88 Å². The van der Waals surface area contributed by atoms with E-state index in [0.717, 1.165) is 12.8 Å². The number of amides is 1. The molecule has 1 fully saturated rings. The Balaban J connectivity index is 1.61. The molecule has 1 aliphatic heterocycles. The van der Waals surface area contributed by atoms with E-state index >= 15 is 0 Å². The van der Waals surface area contributed by atoms with Gasteiger partial charge >= 0.3 is 0 Å². The molecule has 0 bridgehead atoms. The number of benzene rings is 1. The van der Waals surface area contributed by atoms with Crippen molar-refractivity contribution in [3.05, 3.63) is 66.0 Å². The molecule has 1 amide bonds. The molecule has 2 heterocycles. The maximum Gasteiger partial charge on any atom is 0.272 e. The first-order chi connectivity index (χ1) is 11.2. The van der Waals surface area contributed by atoms with E-state index in [-0.39, 0.29) is 18.1 Å². The van der Waals surface area contributed by atoms with E-state index < -0.39 is 0 Å². The molecule has 4 heteroatoms. The molecule has 0 spiro atoms. The van der Waals surface area contributed by atoms with Gasteiger partial charge in [0.2, 0.25) is 0 Å². The quantitative estimate of drug-likeness (QED) is 0.872. The average molecular weight is 310 g/mol. The van der Waals surface area contributed by atoms with Crippen LogP contribution in [0.2, 0.25) is 0 Å². The van der Waals surface area contributed by atoms with Gasteiger partial charge in [0, 0.05) is 19.3 Å². The Hall–Kier alpha value is -2.20. The van der Waals surface area contributed by atoms with E-state index in [9.17, 15) is 4.79 Å². The second kappa shape index (κ2) is 7.38. The third kappa shape index (κ3) is 4.17. The molecule has 3 rings (SSSR count). The standard InChI is InChI=1S/C19H22N2O2/c1-15-13-21(19(22)18-9-5-6-12-20-18)14-17(23-15)11-10-16-7-3-2-4-8-16/h2-9,12,15,17H,10-11,13-14H2,1H3. The predicted octanol–water partition coefficient (Wildman–Crippen LogP) is 2.94. The van der Waals surface area contributed by atoms with Crippen molar-refractivity contribution in [1.29, 1.82) is 0 Å². The molecular formula is C19H22N2O2. The molecule has 0 radical (unpaired) electrons. The van der Waals surface area contributed by atoms with E-state index in [1.807, 2.05) is 30.0 Å². The highest BCUT2D eigenvalue weighted by atomic mass is 16.5. The van der Waals surface area contributed by atoms with Gasteiger partial charge in [-0.15, -0.1) is 0 Å². The normalized spacial score (nSPS) is 21.2. The lowest BCUT2D eigenvalue weighted by Crippen LogP contribution is -2.49. The molecule has 2 unspecified atom stereocenters. The summed E-state index contributed by atoms with van der Waals surface area (Å²) in [6.45, 7) is 3.28. The number of nitrogens with zero attached hydrogens (tertiary/aromatic N) is 2. The van der Waals surface area contributed by atoms with Crippen LogP contribution in [-0.4, -0.2) is 41.1 Å². The van der Waals surface area contributed by atoms with E-state index in [1.54, 1.807) is 12.3 Å². The summed E-state index contributed by atoms with van der Waals surface area (Å²) in [7, 11) is 0. The van der Waals surface area contributed by atoms with Gasteiger partial charge in [0.1, 0.15) is 5.69 Å². The van der Waals surface area contributed by atoms with Crippen LogP contribution in [0.5, 0.6) is 0 Å². The first-order valence-electron chi connectivity index (χ1n) is 8.12. The van der Waals surface area contributed by atoms with Gasteiger partial charge in [0.05, 0.1) is 12.2 Å². The zero-order chi connectivity index (χ0) is 16.1. The zero-order valence-corrected chi connectivity index (χ0v) is 13.4. The minimum Gasteiger partial charge on any atom is -0.372 e. The van der Waals surface area contributed by atoms with Gasteiger partial charge in [-0.2, -0.15) is 0 Å². The number of carbonyl (C=O) groups excluding carboxylic acids is 1. The Morgan fingerprint density at radius 1 is 1.17 bits per heavy atom. The lowest BCUT2D eigenvalue weighted by Gasteiger charge is -2.36. The summed E-state index contributed by atoms with van der Waals surface area (Å²) in [6, 6.07) is 15.8. The van der Waals surface area contributed by atoms with Crippen LogP contribution in [0.1, 0.15) is 29.4 Å². The van der Waals surface area contributed by atoms with Crippen LogP contribution in [-0.2, 0) is 11.2 Å². The van der Waals surface area contributed by atoms with Crippen LogP contribution in [0.15, 0.2) is 54.7 Å². The SMILES string of the molecule is CC1CN(C(=O)c2ccccn2)CC(CCc2ccccc2)O1. The van der Waals surface area contributed by atoms with E-state index in [1.165, 1.54) is 5.56 Å². The summed E-state index contributed by atoms with van der Waals surface area (Å²) >= 11 is 0. The number of hydrogen-bond acceptors (Lipinski definition) is 3. The van der Waals surface area contributed by atoms with Crippen LogP contribution in [0.25, 0.3) is 0 Å². The number of ether oxygens (including phenoxy) is 1. The predicted molar refractivity (Wildman–Crippen MR) is 89.2 cm³/mol. The topological polar surface area (TPSA) is 42.4 Å². The molecule has 2 atom stereocenters. The Kier molecular flexibility index (Phi) is 5.03. The summed E-state index contributed by atoms with van der Waals surface area (Å²) in [6.07, 6.45) is 3.66. The fourth-order valence-corrected chi connectivity index (χ4v) is 2.99. The van der Waals surface area contributed by atoms with Crippen LogP contribution in [0.4, 0.5) is 0 Å². The van der Waals surface area contributed by atoms with Crippen molar-refractivity contribution in [3.8, 4) is 0 Å². The van der Waals surface area contributed by atoms with Gasteiger partial charge in [-0.3, -0.25) is 9.78 Å². The Morgan fingerprint density at radius 2 is 1.96 bits per heavy atom. The molecule has 1 saturated heterocycles. The van der Waals surface area contributed by atoms with Gasteiger partial charge in [-0.1, -0.05) is 36.4 Å². The summed E-state index contributed by atoms with van der Waals surface area (Å²) in [5.74, 6) is -0.00883. The number of hydrogen-bond donors (Lipinski definition) is 0. The Bertz CT molecular complexity index is 630. The van der Waals surface area contributed by atoms with Crippen molar-refractivity contribution in [2.24, 2.45) is 0 Å². The summed E-state index contributed by atoms with van der Waals surface area (Å²) in [4.78, 5) is 18.6. The first-order valence-corrected chi connectivity index (χ1v) is 8.12. The minimum atomic E-state index is -0.00883. The second-order valence-electron chi connectivity index (χ2n) is 6.02. The molecule has 4 nitrogen and oxygen atoms in total. The molecule has 0 saturated carbocycles. The van der Waals surface area contributed by atoms with Crippen molar-refractivity contribution in [3.63, 3.8) is 0 Å². The van der Waals surface area contributed by atoms with Crippen molar-refractivity contribution in [2.45, 2.75) is 32.0 Å². The third-order valence-corrected chi connectivity index (χ3v) is 4.10. The zero-order valence-electron chi connectivity index (χ0n) is 13.4. The first kappa shape index (κ1) is 15.7. The van der Waals surface area contributed by atoms with Gasteiger partial charge in [-0.25, -0.2) is 0 Å². The Labute approximate surface area is 137 Å². The maximum atomic E-state index is 12.6. The molecule has 1 aliphatic rings. The lowest BCUT2D eigenvalue weighted by molar-refractivity contribution is -0.0699. The molecule has 1 aromatic carbocycles. The molecule has 2 aromatic rings. The van der Waals surface area contributed by atoms with E-state index in [0.29, 0.717) is 18.8 Å². The van der Waals surface area contributed by atoms with Gasteiger partial charge in [0.25, 0.3) is 5.91 Å². The minimum absolute atomic E-state index is 0.00883. The fraction of sp³-hybridized carbons (Fsp3) is 0.368. The van der Waals surface area contributed by atoms with Crippen LogP contribution < -0.4 is 0 Å². The Morgan fingerprint density at radius 3 is 2.70 bits per heavy atom. The van der Waals surface area contributed by atoms with Gasteiger partial charge < -0.3 is 9.64 Å². The van der Waals surface area contributed by atoms with Crippen LogP contribution in [0.3, 0.4) is 0 Å². The summed E-state index contributed by atoms with van der Waals surface area (Å²) in [5, 5.41) is 0. The highest BCUT2D eigenvalue weighted by Crippen LogP contribution is 2.18. The summed E-state index contributed by atoms with van der Waals surface area (Å²) < 4.78 is 6.01. The monoisotopic (exact) mass is 310 g/mol. The molecule has 120 valence electrons. The highest BCUT2D eigenvalue weighted by Gasteiger charge is 2.29. The van der Waals surface area contributed by atoms with Crippen molar-refractivity contribution < 1.29 is 9.53 Å². The smallest absolute Gasteiger partial charge is 0.272 e. The molecule has 0 aliphatic carbocycles. The number of carbonyl (C=O) groups is 1. The van der Waals surface area contributed by atoms with E-state index in [2.05, 4.69) is 29.2 Å². The number of aryl methyl sites for hydroxylation is 1. The molecule has 0 N–H and O–H groups in total. The maximum absolute atomic E-state index is 12.6. The second-order valence-corrected chi connectivity index (χ2v) is 6.02. The molecule has 1 aromatic heterocycles. The largest absolute Gasteiger partial charge is 0.372 e. The third-order valence-electron chi connectivity index (χ3n) is 4.10. The number of rotatable bonds is 4. The highest BCUT2D eigenvalue weighted by molar-refractivity contribution is 5.92. The van der Waals surface area contributed by atoms with Crippen LogP contribution in [0, 0.1) is 0 Å². The molecular weight excluding hydrogens is 288 g/mol. The van der Waals surface area contributed by atoms with Crippen molar-refractivity contribution >= 4 is 5.91 Å². The van der Waals surface area contributed by atoms with Crippen LogP contribution >= 0.6 is 0 Å². The van der Waals surface area contributed by atoms with Gasteiger partial charge in [-0.05, 0) is 37.5 Å². The fourth-order valence-electron chi connectivity index (χ4n) is 2.99. The number of aromatic nitrogens is 1. The van der Waals surface area contributed by atoms with Gasteiger partial charge in [0.15, 0.2) is 0 Å². The number of pyridine rings is 1. The average Bonchev–Trinajstić information content (AvgIpc) is 2.60.